The van der Waals surface area contributed by atoms with Crippen LogP contribution in [0.15, 0.2) is 218 Å². The second kappa shape index (κ2) is 15.0. The lowest BCUT2D eigenvalue weighted by Gasteiger charge is -2.25. The average Bonchev–Trinajstić information content (AvgIpc) is 3.62. The number of aromatic nitrogens is 1. The van der Waals surface area contributed by atoms with Gasteiger partial charge in [-0.05, 0) is 98.9 Å². The van der Waals surface area contributed by atoms with Crippen molar-refractivity contribution in [2.75, 3.05) is 10.6 Å². The van der Waals surface area contributed by atoms with E-state index in [4.69, 9.17) is 0 Å². The Kier molecular flexibility index (Phi) is 8.86. The molecule has 3 heteroatoms. The molecule has 0 radical (unpaired) electrons. The Balaban J connectivity index is 1.12. The van der Waals surface area contributed by atoms with E-state index in [1.54, 1.807) is 0 Å². The van der Waals surface area contributed by atoms with Crippen molar-refractivity contribution in [1.82, 2.24) is 4.57 Å². The van der Waals surface area contributed by atoms with Gasteiger partial charge in [-0.25, -0.2) is 0 Å². The summed E-state index contributed by atoms with van der Waals surface area (Å²) in [5.74, 6) is 0.357. The van der Waals surface area contributed by atoms with E-state index in [9.17, 15) is 0 Å². The molecule has 286 valence electrons. The first-order chi connectivity index (χ1) is 29.6. The van der Waals surface area contributed by atoms with E-state index in [-0.39, 0.29) is 6.04 Å². The van der Waals surface area contributed by atoms with Crippen molar-refractivity contribution >= 4 is 60.4 Å². The van der Waals surface area contributed by atoms with Crippen molar-refractivity contribution in [1.29, 1.82) is 0 Å². The fraction of sp³-hybridized carbons (Fsp3) is 0.0526. The highest BCUT2D eigenvalue weighted by Gasteiger charge is 2.21. The van der Waals surface area contributed by atoms with Crippen molar-refractivity contribution in [2.45, 2.75) is 13.0 Å². The second-order valence-corrected chi connectivity index (χ2v) is 16.0. The van der Waals surface area contributed by atoms with Gasteiger partial charge >= 0.3 is 0 Å². The van der Waals surface area contributed by atoms with Crippen LogP contribution < -0.4 is 10.6 Å². The van der Waals surface area contributed by atoms with Crippen LogP contribution in [0.5, 0.6) is 0 Å². The summed E-state index contributed by atoms with van der Waals surface area (Å²) in [6.45, 7) is 2.28. The molecule has 1 aliphatic carbocycles. The first-order valence-electron chi connectivity index (χ1n) is 20.9. The molecule has 2 N–H and O–H groups in total. The SMILES string of the molecule is CC1C=CC=CC1Nc1cc2c3cc(-c4ccc(Nc5ccc6ccccc6c5)c(-c5ccccc5)c4)ccc3n(-c3cccc4ccccc34)c2cc1-c1ccccc1. The fourth-order valence-corrected chi connectivity index (χ4v) is 9.07. The minimum absolute atomic E-state index is 0.176. The molecule has 1 heterocycles. The topological polar surface area (TPSA) is 29.0 Å². The molecule has 11 rings (SSSR count). The van der Waals surface area contributed by atoms with Gasteiger partial charge in [0.25, 0.3) is 0 Å². The number of hydrogen-bond acceptors (Lipinski definition) is 2. The van der Waals surface area contributed by atoms with E-state index < -0.39 is 0 Å². The summed E-state index contributed by atoms with van der Waals surface area (Å²) in [5.41, 5.74) is 13.8. The van der Waals surface area contributed by atoms with Crippen molar-refractivity contribution < 1.29 is 0 Å². The molecule has 2 atom stereocenters. The molecule has 9 aromatic carbocycles. The minimum atomic E-state index is 0.176. The Morgan fingerprint density at radius 1 is 0.417 bits per heavy atom. The van der Waals surface area contributed by atoms with E-state index >= 15 is 0 Å². The molecule has 0 spiro atoms. The fourth-order valence-electron chi connectivity index (χ4n) is 9.07. The van der Waals surface area contributed by atoms with E-state index in [0.29, 0.717) is 5.92 Å². The van der Waals surface area contributed by atoms with E-state index in [0.717, 1.165) is 28.2 Å². The summed E-state index contributed by atoms with van der Waals surface area (Å²) < 4.78 is 2.48. The highest BCUT2D eigenvalue weighted by atomic mass is 15.0. The third kappa shape index (κ3) is 6.42. The first kappa shape index (κ1) is 35.5. The Morgan fingerprint density at radius 3 is 1.87 bits per heavy atom. The van der Waals surface area contributed by atoms with Crippen LogP contribution in [0, 0.1) is 5.92 Å². The molecule has 3 nitrogen and oxygen atoms in total. The Hall–Kier alpha value is -7.62. The number of hydrogen-bond donors (Lipinski definition) is 2. The molecule has 0 aliphatic heterocycles. The molecule has 2 unspecified atom stereocenters. The molecule has 60 heavy (non-hydrogen) atoms. The summed E-state index contributed by atoms with van der Waals surface area (Å²) in [5, 5.41) is 15.1. The third-order valence-corrected chi connectivity index (χ3v) is 12.2. The maximum absolute atomic E-state index is 3.99. The molecule has 0 saturated carbocycles. The highest BCUT2D eigenvalue weighted by Crippen LogP contribution is 2.43. The zero-order valence-corrected chi connectivity index (χ0v) is 33.4. The van der Waals surface area contributed by atoms with Gasteiger partial charge in [0.05, 0.1) is 22.8 Å². The maximum Gasteiger partial charge on any atom is 0.0549 e. The number of nitrogens with zero attached hydrogens (tertiary/aromatic N) is 1. The molecule has 0 fully saturated rings. The lowest BCUT2D eigenvalue weighted by atomic mass is 9.94. The normalized spacial score (nSPS) is 14.9. The predicted octanol–water partition coefficient (Wildman–Crippen LogP) is 15.4. The Bertz CT molecular complexity index is 3280. The van der Waals surface area contributed by atoms with Crippen LogP contribution in [0.3, 0.4) is 0 Å². The van der Waals surface area contributed by atoms with Crippen LogP contribution in [0.1, 0.15) is 6.92 Å². The van der Waals surface area contributed by atoms with Crippen molar-refractivity contribution in [3.8, 4) is 39.1 Å². The van der Waals surface area contributed by atoms with Crippen molar-refractivity contribution in [2.24, 2.45) is 5.92 Å². The van der Waals surface area contributed by atoms with Crippen LogP contribution in [-0.2, 0) is 0 Å². The summed E-state index contributed by atoms with van der Waals surface area (Å²) in [6.07, 6.45) is 8.87. The largest absolute Gasteiger partial charge is 0.378 e. The molecular formula is C57H43N3. The van der Waals surface area contributed by atoms with Gasteiger partial charge in [-0.1, -0.05) is 171 Å². The Morgan fingerprint density at radius 2 is 1.07 bits per heavy atom. The maximum atomic E-state index is 3.99. The standard InChI is InChI=1S/C57H43N3/c1-38-15-8-13-25-52(38)59-54-36-51-50-35-45(44-28-31-53(48(34-44)41-17-4-2-5-18-41)58-46-30-27-39-16-9-10-22-43(39)33-46)29-32-56(50)60(55-26-14-23-40-21-11-12-24-47(40)55)57(51)37-49(54)42-19-6-3-7-20-42/h2-38,52,58-59H,1H3. The molecule has 0 amide bonds. The number of benzene rings is 9. The Labute approximate surface area is 350 Å². The van der Waals surface area contributed by atoms with Crippen LogP contribution >= 0.6 is 0 Å². The minimum Gasteiger partial charge on any atom is -0.378 e. The van der Waals surface area contributed by atoms with Gasteiger partial charge in [0.2, 0.25) is 0 Å². The van der Waals surface area contributed by atoms with E-state index in [1.807, 2.05) is 0 Å². The van der Waals surface area contributed by atoms with Gasteiger partial charge in [-0.3, -0.25) is 0 Å². The molecule has 10 aromatic rings. The van der Waals surface area contributed by atoms with Crippen LogP contribution in [0.25, 0.3) is 82.4 Å². The van der Waals surface area contributed by atoms with Gasteiger partial charge in [-0.2, -0.15) is 0 Å². The van der Waals surface area contributed by atoms with Gasteiger partial charge in [0.15, 0.2) is 0 Å². The molecule has 1 aromatic heterocycles. The number of fused-ring (bicyclic) bond motifs is 5. The summed E-state index contributed by atoms with van der Waals surface area (Å²) >= 11 is 0. The van der Waals surface area contributed by atoms with Crippen molar-refractivity contribution in [3.05, 3.63) is 218 Å². The third-order valence-electron chi connectivity index (χ3n) is 12.2. The van der Waals surface area contributed by atoms with Gasteiger partial charge in [0, 0.05) is 44.3 Å². The quantitative estimate of drug-likeness (QED) is 0.161. The van der Waals surface area contributed by atoms with Gasteiger partial charge in [0.1, 0.15) is 0 Å². The summed E-state index contributed by atoms with van der Waals surface area (Å²) in [7, 11) is 0. The van der Waals surface area contributed by atoms with Crippen LogP contribution in [-0.4, -0.2) is 10.6 Å². The number of rotatable bonds is 8. The van der Waals surface area contributed by atoms with Gasteiger partial charge in [-0.15, -0.1) is 0 Å². The number of anilines is 3. The summed E-state index contributed by atoms with van der Waals surface area (Å²) in [6, 6.07) is 70.8. The predicted molar refractivity (Wildman–Crippen MR) is 257 cm³/mol. The zero-order valence-electron chi connectivity index (χ0n) is 33.4. The number of allylic oxidation sites excluding steroid dienone is 2. The average molecular weight is 770 g/mol. The molecule has 0 bridgehead atoms. The van der Waals surface area contributed by atoms with E-state index in [2.05, 4.69) is 241 Å². The zero-order chi connectivity index (χ0) is 40.0. The molecule has 1 aliphatic rings. The van der Waals surface area contributed by atoms with E-state index in [1.165, 1.54) is 71.3 Å². The monoisotopic (exact) mass is 769 g/mol. The highest BCUT2D eigenvalue weighted by molar-refractivity contribution is 6.14. The lowest BCUT2D eigenvalue weighted by molar-refractivity contribution is 0.660. The molecule has 0 saturated heterocycles. The lowest BCUT2D eigenvalue weighted by Crippen LogP contribution is -2.25. The summed E-state index contributed by atoms with van der Waals surface area (Å²) in [4.78, 5) is 0. The smallest absolute Gasteiger partial charge is 0.0549 e. The number of nitrogens with one attached hydrogen (secondary N) is 2. The van der Waals surface area contributed by atoms with Crippen LogP contribution in [0.2, 0.25) is 0 Å². The van der Waals surface area contributed by atoms with Crippen LogP contribution in [0.4, 0.5) is 17.1 Å². The second-order valence-electron chi connectivity index (χ2n) is 16.0. The first-order valence-corrected chi connectivity index (χ1v) is 20.9. The van der Waals surface area contributed by atoms with Gasteiger partial charge < -0.3 is 15.2 Å². The van der Waals surface area contributed by atoms with Crippen molar-refractivity contribution in [3.63, 3.8) is 0 Å². The molecular weight excluding hydrogens is 727 g/mol.